The molecule has 0 saturated heterocycles. The van der Waals surface area contributed by atoms with Crippen LogP contribution in [0.3, 0.4) is 0 Å². The minimum absolute atomic E-state index is 0.225. The second-order valence-corrected chi connectivity index (χ2v) is 4.59. The number of carbonyl (C=O) groups excluding carboxylic acids is 2. The van der Waals surface area contributed by atoms with Gasteiger partial charge in [0.05, 0.1) is 12.7 Å². The number of ether oxygens (including phenoxy) is 2. The van der Waals surface area contributed by atoms with Crippen LogP contribution in [-0.4, -0.2) is 25.5 Å². The average molecular weight is 284 g/mol. The molecule has 4 heteroatoms. The Morgan fingerprint density at radius 1 is 0.905 bits per heavy atom. The van der Waals surface area contributed by atoms with Crippen molar-refractivity contribution in [3.05, 3.63) is 65.2 Å². The first-order chi connectivity index (χ1) is 10.1. The smallest absolute Gasteiger partial charge is 0.338 e. The van der Waals surface area contributed by atoms with Gasteiger partial charge in [-0.05, 0) is 31.2 Å². The van der Waals surface area contributed by atoms with Crippen molar-refractivity contribution < 1.29 is 19.1 Å². The topological polar surface area (TPSA) is 52.6 Å². The second-order valence-electron chi connectivity index (χ2n) is 4.59. The van der Waals surface area contributed by atoms with Crippen molar-refractivity contribution in [1.29, 1.82) is 0 Å². The molecular weight excluding hydrogens is 268 g/mol. The number of hydrogen-bond donors (Lipinski definition) is 0. The molecule has 0 bridgehead atoms. The number of ketones is 1. The van der Waals surface area contributed by atoms with Gasteiger partial charge in [0.25, 0.3) is 0 Å². The lowest BCUT2D eigenvalue weighted by atomic mass is 10.1. The largest absolute Gasteiger partial charge is 0.497 e. The van der Waals surface area contributed by atoms with Crippen LogP contribution in [0.5, 0.6) is 5.75 Å². The molecule has 0 aliphatic carbocycles. The molecule has 2 rings (SSSR count). The maximum Gasteiger partial charge on any atom is 0.338 e. The van der Waals surface area contributed by atoms with Crippen LogP contribution < -0.4 is 4.74 Å². The summed E-state index contributed by atoms with van der Waals surface area (Å²) in [6.45, 7) is 1.67. The fourth-order valence-corrected chi connectivity index (χ4v) is 1.76. The number of rotatable bonds is 5. The van der Waals surface area contributed by atoms with Crippen LogP contribution in [0.2, 0.25) is 0 Å². The standard InChI is InChI=1S/C17H16O4/c1-12-3-5-13(6-4-12)16(18)11-21-17(19)14-7-9-15(20-2)10-8-14/h3-10H,11H2,1-2H3. The van der Waals surface area contributed by atoms with Crippen molar-refractivity contribution in [3.8, 4) is 5.75 Å². The maximum atomic E-state index is 11.9. The lowest BCUT2D eigenvalue weighted by molar-refractivity contribution is 0.0474. The molecule has 4 nitrogen and oxygen atoms in total. The van der Waals surface area contributed by atoms with Gasteiger partial charge in [-0.25, -0.2) is 4.79 Å². The predicted octanol–water partition coefficient (Wildman–Crippen LogP) is 3.04. The van der Waals surface area contributed by atoms with Gasteiger partial charge in [0, 0.05) is 5.56 Å². The second kappa shape index (κ2) is 6.70. The highest BCUT2D eigenvalue weighted by molar-refractivity contribution is 5.99. The highest BCUT2D eigenvalue weighted by Gasteiger charge is 2.11. The number of hydrogen-bond acceptors (Lipinski definition) is 4. The van der Waals surface area contributed by atoms with Gasteiger partial charge in [-0.3, -0.25) is 4.79 Å². The highest BCUT2D eigenvalue weighted by atomic mass is 16.5. The van der Waals surface area contributed by atoms with Crippen molar-refractivity contribution in [2.45, 2.75) is 6.92 Å². The quantitative estimate of drug-likeness (QED) is 0.625. The van der Waals surface area contributed by atoms with Crippen molar-refractivity contribution in [1.82, 2.24) is 0 Å². The molecule has 0 aliphatic heterocycles. The molecule has 0 spiro atoms. The summed E-state index contributed by atoms with van der Waals surface area (Å²) in [7, 11) is 1.55. The zero-order chi connectivity index (χ0) is 15.2. The van der Waals surface area contributed by atoms with Crippen molar-refractivity contribution in [3.63, 3.8) is 0 Å². The Kier molecular flexibility index (Phi) is 4.72. The molecule has 0 aromatic heterocycles. The molecule has 0 amide bonds. The highest BCUT2D eigenvalue weighted by Crippen LogP contribution is 2.12. The van der Waals surface area contributed by atoms with Crippen molar-refractivity contribution >= 4 is 11.8 Å². The van der Waals surface area contributed by atoms with E-state index in [2.05, 4.69) is 0 Å². The van der Waals surface area contributed by atoms with Crippen LogP contribution in [0.4, 0.5) is 0 Å². The molecule has 0 fully saturated rings. The Balaban J connectivity index is 1.93. The van der Waals surface area contributed by atoms with Gasteiger partial charge in [0.1, 0.15) is 5.75 Å². The molecule has 0 N–H and O–H groups in total. The summed E-state index contributed by atoms with van der Waals surface area (Å²) in [6.07, 6.45) is 0. The number of methoxy groups -OCH3 is 1. The van der Waals surface area contributed by atoms with E-state index in [4.69, 9.17) is 9.47 Å². The molecule has 21 heavy (non-hydrogen) atoms. The van der Waals surface area contributed by atoms with Crippen LogP contribution in [-0.2, 0) is 4.74 Å². The summed E-state index contributed by atoms with van der Waals surface area (Å²) in [6, 6.07) is 13.7. The Hall–Kier alpha value is -2.62. The van der Waals surface area contributed by atoms with E-state index in [0.717, 1.165) is 5.56 Å². The first kappa shape index (κ1) is 14.8. The average Bonchev–Trinajstić information content (AvgIpc) is 2.53. The lowest BCUT2D eigenvalue weighted by Gasteiger charge is -2.05. The van der Waals surface area contributed by atoms with Crippen LogP contribution in [0.1, 0.15) is 26.3 Å². The molecular formula is C17H16O4. The van der Waals surface area contributed by atoms with Gasteiger partial charge in [0.2, 0.25) is 0 Å². The third-order valence-electron chi connectivity index (χ3n) is 3.03. The fourth-order valence-electron chi connectivity index (χ4n) is 1.76. The predicted molar refractivity (Wildman–Crippen MR) is 78.8 cm³/mol. The van der Waals surface area contributed by atoms with Crippen LogP contribution in [0.25, 0.3) is 0 Å². The summed E-state index contributed by atoms with van der Waals surface area (Å²) < 4.78 is 10.0. The SMILES string of the molecule is COc1ccc(C(=O)OCC(=O)c2ccc(C)cc2)cc1. The number of Topliss-reactive ketones (excluding diaryl/α,β-unsaturated/α-hetero) is 1. The molecule has 0 heterocycles. The van der Waals surface area contributed by atoms with E-state index in [0.29, 0.717) is 16.9 Å². The fraction of sp³-hybridized carbons (Fsp3) is 0.176. The zero-order valence-electron chi connectivity index (χ0n) is 12.0. The van der Waals surface area contributed by atoms with Gasteiger partial charge in [0.15, 0.2) is 12.4 Å². The van der Waals surface area contributed by atoms with E-state index in [1.165, 1.54) is 0 Å². The van der Waals surface area contributed by atoms with Crippen LogP contribution >= 0.6 is 0 Å². The van der Waals surface area contributed by atoms with E-state index >= 15 is 0 Å². The maximum absolute atomic E-state index is 11.9. The summed E-state index contributed by atoms with van der Waals surface area (Å²) in [4.78, 5) is 23.7. The summed E-state index contributed by atoms with van der Waals surface area (Å²) in [5, 5.41) is 0. The van der Waals surface area contributed by atoms with E-state index in [9.17, 15) is 9.59 Å². The van der Waals surface area contributed by atoms with E-state index in [1.807, 2.05) is 19.1 Å². The minimum atomic E-state index is -0.530. The molecule has 2 aromatic rings. The van der Waals surface area contributed by atoms with E-state index < -0.39 is 5.97 Å². The van der Waals surface area contributed by atoms with Gasteiger partial charge >= 0.3 is 5.97 Å². The summed E-state index contributed by atoms with van der Waals surface area (Å²) in [5.74, 6) is -0.0998. The molecule has 2 aromatic carbocycles. The lowest BCUT2D eigenvalue weighted by Crippen LogP contribution is -2.14. The molecule has 0 saturated carbocycles. The Labute approximate surface area is 123 Å². The Bertz CT molecular complexity index is 627. The molecule has 0 radical (unpaired) electrons. The summed E-state index contributed by atoms with van der Waals surface area (Å²) >= 11 is 0. The van der Waals surface area contributed by atoms with E-state index in [-0.39, 0.29) is 12.4 Å². The molecule has 0 unspecified atom stereocenters. The third kappa shape index (κ3) is 3.92. The Morgan fingerprint density at radius 2 is 1.48 bits per heavy atom. The van der Waals surface area contributed by atoms with Crippen LogP contribution in [0.15, 0.2) is 48.5 Å². The molecule has 108 valence electrons. The number of benzene rings is 2. The third-order valence-corrected chi connectivity index (χ3v) is 3.03. The first-order valence-corrected chi connectivity index (χ1v) is 6.51. The van der Waals surface area contributed by atoms with Gasteiger partial charge < -0.3 is 9.47 Å². The van der Waals surface area contributed by atoms with Crippen LogP contribution in [0, 0.1) is 6.92 Å². The van der Waals surface area contributed by atoms with Gasteiger partial charge in [-0.2, -0.15) is 0 Å². The first-order valence-electron chi connectivity index (χ1n) is 6.51. The molecule has 0 aliphatic rings. The van der Waals surface area contributed by atoms with Crippen molar-refractivity contribution in [2.75, 3.05) is 13.7 Å². The summed E-state index contributed by atoms with van der Waals surface area (Å²) in [5.41, 5.74) is 1.98. The van der Waals surface area contributed by atoms with E-state index in [1.54, 1.807) is 43.5 Å². The van der Waals surface area contributed by atoms with Gasteiger partial charge in [-0.15, -0.1) is 0 Å². The monoisotopic (exact) mass is 284 g/mol. The van der Waals surface area contributed by atoms with Crippen molar-refractivity contribution in [2.24, 2.45) is 0 Å². The normalized spacial score (nSPS) is 10.0. The van der Waals surface area contributed by atoms with Gasteiger partial charge in [-0.1, -0.05) is 29.8 Å². The minimum Gasteiger partial charge on any atom is -0.497 e. The Morgan fingerprint density at radius 3 is 2.05 bits per heavy atom. The number of aryl methyl sites for hydroxylation is 1. The molecule has 0 atom stereocenters. The number of esters is 1. The zero-order valence-corrected chi connectivity index (χ0v) is 12.0. The number of carbonyl (C=O) groups is 2.